The molecule has 0 radical (unpaired) electrons. The summed E-state index contributed by atoms with van der Waals surface area (Å²) in [6, 6.07) is 5.50. The lowest BCUT2D eigenvalue weighted by atomic mass is 10.1. The number of carbonyl (C=O) groups excluding carboxylic acids is 1. The van der Waals surface area contributed by atoms with Gasteiger partial charge in [0.2, 0.25) is 0 Å². The normalized spacial score (nSPS) is 20.0. The molecule has 0 N–H and O–H groups in total. The fourth-order valence-electron chi connectivity index (χ4n) is 2.67. The van der Waals surface area contributed by atoms with Crippen LogP contribution in [0.3, 0.4) is 0 Å². The molecule has 0 aliphatic carbocycles. The third-order valence-corrected chi connectivity index (χ3v) is 3.71. The highest BCUT2D eigenvalue weighted by Gasteiger charge is 2.24. The minimum atomic E-state index is -0.335. The summed E-state index contributed by atoms with van der Waals surface area (Å²) in [5.41, 5.74) is 2.37. The van der Waals surface area contributed by atoms with E-state index in [1.807, 2.05) is 22.7 Å². The zero-order chi connectivity index (χ0) is 13.4. The molecule has 5 nitrogen and oxygen atoms in total. The van der Waals surface area contributed by atoms with Crippen molar-refractivity contribution in [1.29, 1.82) is 0 Å². The highest BCUT2D eigenvalue weighted by atomic mass is 16.5. The highest BCUT2D eigenvalue weighted by Crippen LogP contribution is 2.26. The Morgan fingerprint density at radius 3 is 3.00 bits per heavy atom. The van der Waals surface area contributed by atoms with Crippen molar-refractivity contribution < 1.29 is 9.53 Å². The zero-order valence-electron chi connectivity index (χ0n) is 11.2. The summed E-state index contributed by atoms with van der Waals surface area (Å²) in [5, 5.41) is 0. The minimum Gasteiger partial charge on any atom is -0.464 e. The first kappa shape index (κ1) is 12.2. The maximum absolute atomic E-state index is 11.7. The quantitative estimate of drug-likeness (QED) is 0.768. The number of hydrogen-bond donors (Lipinski definition) is 0. The van der Waals surface area contributed by atoms with Gasteiger partial charge < -0.3 is 9.64 Å². The molecule has 100 valence electrons. The highest BCUT2D eigenvalue weighted by molar-refractivity contribution is 5.88. The van der Waals surface area contributed by atoms with Gasteiger partial charge >= 0.3 is 5.97 Å². The summed E-state index contributed by atoms with van der Waals surface area (Å²) < 4.78 is 6.62. The molecule has 19 heavy (non-hydrogen) atoms. The van der Waals surface area contributed by atoms with E-state index in [9.17, 15) is 4.79 Å². The van der Waals surface area contributed by atoms with Gasteiger partial charge in [0.25, 0.3) is 0 Å². The monoisotopic (exact) mass is 259 g/mol. The molecule has 0 spiro atoms. The minimum absolute atomic E-state index is 0.335. The van der Waals surface area contributed by atoms with Crippen molar-refractivity contribution in [2.24, 2.45) is 0 Å². The molecule has 1 saturated heterocycles. The van der Waals surface area contributed by atoms with Crippen LogP contribution in [0.25, 0.3) is 5.65 Å². The maximum Gasteiger partial charge on any atom is 0.355 e. The lowest BCUT2D eigenvalue weighted by Gasteiger charge is -2.06. The molecule has 5 heteroatoms. The summed E-state index contributed by atoms with van der Waals surface area (Å²) in [5.74, 6) is 0.119. The lowest BCUT2D eigenvalue weighted by molar-refractivity contribution is 0.0592. The van der Waals surface area contributed by atoms with Gasteiger partial charge in [0.1, 0.15) is 11.3 Å². The second kappa shape index (κ2) is 4.66. The SMILES string of the molecule is COC(=O)c1cccc2nc(C3CCN(C)C3)cn12. The molecule has 1 aliphatic rings. The van der Waals surface area contributed by atoms with E-state index in [1.165, 1.54) is 7.11 Å². The number of carbonyl (C=O) groups is 1. The van der Waals surface area contributed by atoms with Crippen molar-refractivity contribution >= 4 is 11.6 Å². The second-order valence-electron chi connectivity index (χ2n) is 5.04. The van der Waals surface area contributed by atoms with Crippen LogP contribution in [-0.2, 0) is 4.74 Å². The van der Waals surface area contributed by atoms with E-state index in [4.69, 9.17) is 4.74 Å². The van der Waals surface area contributed by atoms with Gasteiger partial charge in [-0.2, -0.15) is 0 Å². The Labute approximate surface area is 111 Å². The number of likely N-dealkylation sites (N-methyl/N-ethyl adjacent to an activating group) is 1. The molecule has 1 aliphatic heterocycles. The first-order valence-corrected chi connectivity index (χ1v) is 6.44. The van der Waals surface area contributed by atoms with Crippen molar-refractivity contribution in [3.63, 3.8) is 0 Å². The average Bonchev–Trinajstić information content (AvgIpc) is 3.02. The third-order valence-electron chi connectivity index (χ3n) is 3.71. The standard InChI is InChI=1S/C14H17N3O2/c1-16-7-6-10(8-16)11-9-17-12(14(18)19-2)4-3-5-13(17)15-11/h3-5,9-10H,6-8H2,1-2H3. The summed E-state index contributed by atoms with van der Waals surface area (Å²) >= 11 is 0. The predicted molar refractivity (Wildman–Crippen MR) is 71.4 cm³/mol. The number of ether oxygens (including phenoxy) is 1. The Balaban J connectivity index is 2.03. The zero-order valence-corrected chi connectivity index (χ0v) is 11.2. The Bertz CT molecular complexity index is 620. The largest absolute Gasteiger partial charge is 0.464 e. The number of imidazole rings is 1. The first-order valence-electron chi connectivity index (χ1n) is 6.44. The van der Waals surface area contributed by atoms with Crippen LogP contribution in [-0.4, -0.2) is 47.5 Å². The van der Waals surface area contributed by atoms with E-state index >= 15 is 0 Å². The molecule has 3 heterocycles. The summed E-state index contributed by atoms with van der Waals surface area (Å²) in [6.45, 7) is 2.12. The third kappa shape index (κ3) is 2.10. The summed E-state index contributed by atoms with van der Waals surface area (Å²) in [6.07, 6.45) is 3.08. The molecule has 0 saturated carbocycles. The number of pyridine rings is 1. The van der Waals surface area contributed by atoms with Crippen LogP contribution in [0.1, 0.15) is 28.5 Å². The fourth-order valence-corrected chi connectivity index (χ4v) is 2.67. The molecule has 2 aromatic rings. The van der Waals surface area contributed by atoms with Gasteiger partial charge in [0, 0.05) is 18.7 Å². The van der Waals surface area contributed by atoms with E-state index < -0.39 is 0 Å². The number of nitrogens with zero attached hydrogens (tertiary/aromatic N) is 3. The van der Waals surface area contributed by atoms with Gasteiger partial charge in [0.05, 0.1) is 12.8 Å². The number of likely N-dealkylation sites (tertiary alicyclic amines) is 1. The fraction of sp³-hybridized carbons (Fsp3) is 0.429. The van der Waals surface area contributed by atoms with E-state index in [0.29, 0.717) is 11.6 Å². The average molecular weight is 259 g/mol. The number of methoxy groups -OCH3 is 1. The topological polar surface area (TPSA) is 46.8 Å². The van der Waals surface area contributed by atoms with E-state index in [0.717, 1.165) is 30.9 Å². The number of hydrogen-bond acceptors (Lipinski definition) is 4. The molecule has 1 fully saturated rings. The first-order chi connectivity index (χ1) is 9.19. The van der Waals surface area contributed by atoms with Crippen LogP contribution in [0.5, 0.6) is 0 Å². The van der Waals surface area contributed by atoms with Crippen molar-refractivity contribution in [1.82, 2.24) is 14.3 Å². The summed E-state index contributed by atoms with van der Waals surface area (Å²) in [7, 11) is 3.51. The van der Waals surface area contributed by atoms with Gasteiger partial charge in [-0.15, -0.1) is 0 Å². The number of rotatable bonds is 2. The second-order valence-corrected chi connectivity index (χ2v) is 5.04. The van der Waals surface area contributed by atoms with Crippen LogP contribution in [0.2, 0.25) is 0 Å². The van der Waals surface area contributed by atoms with E-state index in [1.54, 1.807) is 6.07 Å². The molecule has 2 aromatic heterocycles. The Morgan fingerprint density at radius 2 is 2.32 bits per heavy atom. The van der Waals surface area contributed by atoms with Gasteiger partial charge in [-0.1, -0.05) is 6.07 Å². The maximum atomic E-state index is 11.7. The Hall–Kier alpha value is -1.88. The van der Waals surface area contributed by atoms with E-state index in [-0.39, 0.29) is 5.97 Å². The number of esters is 1. The van der Waals surface area contributed by atoms with Crippen molar-refractivity contribution in [2.45, 2.75) is 12.3 Å². The molecule has 1 atom stereocenters. The number of fused-ring (bicyclic) bond motifs is 1. The van der Waals surface area contributed by atoms with Crippen LogP contribution in [0.15, 0.2) is 24.4 Å². The van der Waals surface area contributed by atoms with E-state index in [2.05, 4.69) is 16.9 Å². The molecular weight excluding hydrogens is 242 g/mol. The predicted octanol–water partition coefficient (Wildman–Crippen LogP) is 1.54. The van der Waals surface area contributed by atoms with Gasteiger partial charge in [-0.3, -0.25) is 4.40 Å². The Morgan fingerprint density at radius 1 is 1.47 bits per heavy atom. The van der Waals surface area contributed by atoms with Crippen molar-refractivity contribution in [2.75, 3.05) is 27.2 Å². The van der Waals surface area contributed by atoms with Crippen LogP contribution < -0.4 is 0 Å². The molecule has 0 bridgehead atoms. The molecule has 0 aromatic carbocycles. The lowest BCUT2D eigenvalue weighted by Crippen LogP contribution is -2.13. The van der Waals surface area contributed by atoms with Crippen LogP contribution in [0.4, 0.5) is 0 Å². The van der Waals surface area contributed by atoms with Crippen LogP contribution >= 0.6 is 0 Å². The van der Waals surface area contributed by atoms with Crippen LogP contribution in [0, 0.1) is 0 Å². The number of aromatic nitrogens is 2. The summed E-state index contributed by atoms with van der Waals surface area (Å²) in [4.78, 5) is 18.7. The smallest absolute Gasteiger partial charge is 0.355 e. The van der Waals surface area contributed by atoms with Gasteiger partial charge in [-0.05, 0) is 32.1 Å². The molecule has 3 rings (SSSR count). The molecular formula is C14H17N3O2. The van der Waals surface area contributed by atoms with Gasteiger partial charge in [-0.25, -0.2) is 9.78 Å². The Kier molecular flexibility index (Phi) is 2.98. The van der Waals surface area contributed by atoms with Crippen molar-refractivity contribution in [3.05, 3.63) is 35.8 Å². The molecule has 1 unspecified atom stereocenters. The van der Waals surface area contributed by atoms with Gasteiger partial charge in [0.15, 0.2) is 0 Å². The van der Waals surface area contributed by atoms with Crippen molar-refractivity contribution in [3.8, 4) is 0 Å². The molecule has 0 amide bonds.